The fraction of sp³-hybridized carbons (Fsp3) is 0.200. The van der Waals surface area contributed by atoms with E-state index in [-0.39, 0.29) is 5.02 Å². The van der Waals surface area contributed by atoms with E-state index in [9.17, 15) is 4.39 Å². The van der Waals surface area contributed by atoms with Crippen LogP contribution in [0.5, 0.6) is 0 Å². The molecule has 0 aliphatic rings. The Labute approximate surface area is 112 Å². The molecule has 0 aliphatic carbocycles. The fourth-order valence-corrected chi connectivity index (χ4v) is 1.90. The van der Waals surface area contributed by atoms with Crippen LogP contribution in [0.25, 0.3) is 0 Å². The minimum absolute atomic E-state index is 0.140. The molecule has 2 aromatic rings. The van der Waals surface area contributed by atoms with Gasteiger partial charge in [0.05, 0.1) is 10.7 Å². The summed E-state index contributed by atoms with van der Waals surface area (Å²) in [7, 11) is 0. The molecule has 0 amide bonds. The van der Waals surface area contributed by atoms with Crippen LogP contribution in [-0.2, 0) is 13.0 Å². The molecule has 0 aromatic heterocycles. The van der Waals surface area contributed by atoms with Gasteiger partial charge in [-0.05, 0) is 29.7 Å². The average Bonchev–Trinajstić information content (AvgIpc) is 2.41. The van der Waals surface area contributed by atoms with Gasteiger partial charge in [0.2, 0.25) is 0 Å². The molecule has 0 radical (unpaired) electrons. The van der Waals surface area contributed by atoms with Crippen molar-refractivity contribution in [2.45, 2.75) is 19.9 Å². The Morgan fingerprint density at radius 1 is 1.06 bits per heavy atom. The molecule has 0 saturated carbocycles. The third kappa shape index (κ3) is 3.02. The third-order valence-corrected chi connectivity index (χ3v) is 3.16. The summed E-state index contributed by atoms with van der Waals surface area (Å²) in [5.74, 6) is -0.399. The molecule has 0 saturated heterocycles. The van der Waals surface area contributed by atoms with Gasteiger partial charge in [0.25, 0.3) is 0 Å². The number of benzene rings is 2. The molecule has 0 spiro atoms. The molecule has 1 N–H and O–H groups in total. The highest BCUT2D eigenvalue weighted by molar-refractivity contribution is 6.31. The summed E-state index contributed by atoms with van der Waals surface area (Å²) in [5, 5.41) is 3.19. The summed E-state index contributed by atoms with van der Waals surface area (Å²) in [4.78, 5) is 0. The van der Waals surface area contributed by atoms with Crippen LogP contribution >= 0.6 is 11.6 Å². The Balaban J connectivity index is 2.04. The van der Waals surface area contributed by atoms with Crippen molar-refractivity contribution in [2.75, 3.05) is 5.32 Å². The number of hydrogen-bond acceptors (Lipinski definition) is 1. The van der Waals surface area contributed by atoms with Crippen molar-refractivity contribution in [2.24, 2.45) is 0 Å². The number of rotatable bonds is 4. The van der Waals surface area contributed by atoms with Gasteiger partial charge in [-0.15, -0.1) is 0 Å². The predicted octanol–water partition coefficient (Wildman–Crippen LogP) is 4.65. The standard InChI is InChI=1S/C15H15ClFN/c1-2-11-6-8-12(9-7-11)10-18-14-5-3-4-13(16)15(14)17/h3-9,18H,2,10H2,1H3. The van der Waals surface area contributed by atoms with E-state index < -0.39 is 5.82 Å². The van der Waals surface area contributed by atoms with Crippen LogP contribution in [0.2, 0.25) is 5.02 Å². The molecular weight excluding hydrogens is 249 g/mol. The quantitative estimate of drug-likeness (QED) is 0.846. The highest BCUT2D eigenvalue weighted by atomic mass is 35.5. The van der Waals surface area contributed by atoms with E-state index in [0.29, 0.717) is 12.2 Å². The molecule has 0 bridgehead atoms. The Kier molecular flexibility index (Phi) is 4.21. The van der Waals surface area contributed by atoms with Crippen molar-refractivity contribution >= 4 is 17.3 Å². The largest absolute Gasteiger partial charge is 0.379 e. The maximum atomic E-state index is 13.6. The first-order valence-electron chi connectivity index (χ1n) is 5.96. The Morgan fingerprint density at radius 2 is 1.72 bits per heavy atom. The predicted molar refractivity (Wildman–Crippen MR) is 74.6 cm³/mol. The monoisotopic (exact) mass is 263 g/mol. The van der Waals surface area contributed by atoms with E-state index in [1.807, 2.05) is 12.1 Å². The molecular formula is C15H15ClFN. The van der Waals surface area contributed by atoms with Gasteiger partial charge in [0.15, 0.2) is 5.82 Å². The summed E-state index contributed by atoms with van der Waals surface area (Å²) >= 11 is 5.72. The van der Waals surface area contributed by atoms with Gasteiger partial charge < -0.3 is 5.32 Å². The molecule has 2 rings (SSSR count). The van der Waals surface area contributed by atoms with Gasteiger partial charge in [0.1, 0.15) is 0 Å². The van der Waals surface area contributed by atoms with E-state index in [1.165, 1.54) is 11.6 Å². The zero-order valence-electron chi connectivity index (χ0n) is 10.2. The molecule has 0 unspecified atom stereocenters. The summed E-state index contributed by atoms with van der Waals surface area (Å²) in [6, 6.07) is 13.2. The molecule has 18 heavy (non-hydrogen) atoms. The maximum absolute atomic E-state index is 13.6. The van der Waals surface area contributed by atoms with Gasteiger partial charge in [-0.25, -0.2) is 4.39 Å². The summed E-state index contributed by atoms with van der Waals surface area (Å²) in [6.45, 7) is 2.70. The van der Waals surface area contributed by atoms with Gasteiger partial charge in [0, 0.05) is 6.54 Å². The SMILES string of the molecule is CCc1ccc(CNc2cccc(Cl)c2F)cc1. The van der Waals surface area contributed by atoms with Crippen LogP contribution in [0, 0.1) is 5.82 Å². The van der Waals surface area contributed by atoms with E-state index in [0.717, 1.165) is 12.0 Å². The molecule has 0 fully saturated rings. The summed E-state index contributed by atoms with van der Waals surface area (Å²) in [6.07, 6.45) is 1.02. The minimum Gasteiger partial charge on any atom is -0.379 e. The van der Waals surface area contributed by atoms with Gasteiger partial charge in [-0.1, -0.05) is 48.9 Å². The van der Waals surface area contributed by atoms with Crippen LogP contribution in [0.3, 0.4) is 0 Å². The molecule has 0 atom stereocenters. The van der Waals surface area contributed by atoms with Crippen molar-refractivity contribution in [3.8, 4) is 0 Å². The van der Waals surface area contributed by atoms with E-state index in [1.54, 1.807) is 12.1 Å². The van der Waals surface area contributed by atoms with Crippen molar-refractivity contribution in [1.82, 2.24) is 0 Å². The van der Waals surface area contributed by atoms with Crippen LogP contribution in [0.15, 0.2) is 42.5 Å². The van der Waals surface area contributed by atoms with Gasteiger partial charge in [-0.3, -0.25) is 0 Å². The van der Waals surface area contributed by atoms with E-state index in [4.69, 9.17) is 11.6 Å². The second-order valence-corrected chi connectivity index (χ2v) is 4.53. The molecule has 3 heteroatoms. The lowest BCUT2D eigenvalue weighted by Crippen LogP contribution is -2.01. The fourth-order valence-electron chi connectivity index (χ4n) is 1.73. The number of hydrogen-bond donors (Lipinski definition) is 1. The van der Waals surface area contributed by atoms with Crippen LogP contribution < -0.4 is 5.32 Å². The molecule has 0 heterocycles. The van der Waals surface area contributed by atoms with Crippen molar-refractivity contribution in [3.05, 3.63) is 64.4 Å². The average molecular weight is 264 g/mol. The highest BCUT2D eigenvalue weighted by Gasteiger charge is 2.05. The lowest BCUT2D eigenvalue weighted by Gasteiger charge is -2.08. The first-order valence-corrected chi connectivity index (χ1v) is 6.34. The minimum atomic E-state index is -0.399. The zero-order valence-corrected chi connectivity index (χ0v) is 11.0. The van der Waals surface area contributed by atoms with E-state index in [2.05, 4.69) is 24.4 Å². The highest BCUT2D eigenvalue weighted by Crippen LogP contribution is 2.22. The number of nitrogens with one attached hydrogen (secondary N) is 1. The van der Waals surface area contributed by atoms with Crippen molar-refractivity contribution in [3.63, 3.8) is 0 Å². The Bertz CT molecular complexity index is 523. The number of anilines is 1. The first-order chi connectivity index (χ1) is 8.70. The Hall–Kier alpha value is -1.54. The van der Waals surface area contributed by atoms with Gasteiger partial charge >= 0.3 is 0 Å². The van der Waals surface area contributed by atoms with Crippen LogP contribution in [0.4, 0.5) is 10.1 Å². The zero-order chi connectivity index (χ0) is 13.0. The normalized spacial score (nSPS) is 10.4. The second-order valence-electron chi connectivity index (χ2n) is 4.12. The maximum Gasteiger partial charge on any atom is 0.164 e. The summed E-state index contributed by atoms with van der Waals surface area (Å²) < 4.78 is 13.6. The van der Waals surface area contributed by atoms with Crippen molar-refractivity contribution in [1.29, 1.82) is 0 Å². The number of aryl methyl sites for hydroxylation is 1. The molecule has 2 aromatic carbocycles. The second kappa shape index (κ2) is 5.87. The molecule has 0 aliphatic heterocycles. The van der Waals surface area contributed by atoms with Gasteiger partial charge in [-0.2, -0.15) is 0 Å². The third-order valence-electron chi connectivity index (χ3n) is 2.87. The van der Waals surface area contributed by atoms with E-state index >= 15 is 0 Å². The lowest BCUT2D eigenvalue weighted by molar-refractivity contribution is 0.630. The topological polar surface area (TPSA) is 12.0 Å². The van der Waals surface area contributed by atoms with Crippen LogP contribution in [0.1, 0.15) is 18.1 Å². The van der Waals surface area contributed by atoms with Crippen molar-refractivity contribution < 1.29 is 4.39 Å². The first kappa shape index (κ1) is 12.9. The van der Waals surface area contributed by atoms with Crippen LogP contribution in [-0.4, -0.2) is 0 Å². The molecule has 1 nitrogen and oxygen atoms in total. The molecule has 94 valence electrons. The summed E-state index contributed by atoms with van der Waals surface area (Å²) in [5.41, 5.74) is 2.85. The smallest absolute Gasteiger partial charge is 0.164 e. The Morgan fingerprint density at radius 3 is 2.39 bits per heavy atom. The number of halogens is 2. The lowest BCUT2D eigenvalue weighted by atomic mass is 10.1.